The van der Waals surface area contributed by atoms with Gasteiger partial charge in [0.05, 0.1) is 34.1 Å². The van der Waals surface area contributed by atoms with Crippen molar-refractivity contribution in [2.75, 3.05) is 6.61 Å². The first-order valence-corrected chi connectivity index (χ1v) is 17.4. The van der Waals surface area contributed by atoms with Gasteiger partial charge in [-0.3, -0.25) is 4.79 Å². The zero-order valence-electron chi connectivity index (χ0n) is 27.3. The number of carbonyl (C=O) groups is 2. The molecule has 5 unspecified atom stereocenters. The Balaban J connectivity index is 1.12. The summed E-state index contributed by atoms with van der Waals surface area (Å²) in [4.78, 5) is 30.6. The summed E-state index contributed by atoms with van der Waals surface area (Å²) in [5, 5.41) is 41.1. The molecule has 0 spiro atoms. The van der Waals surface area contributed by atoms with Gasteiger partial charge in [-0.1, -0.05) is 55.5 Å². The molecule has 4 fully saturated rings. The summed E-state index contributed by atoms with van der Waals surface area (Å²) >= 11 is 0. The average molecular weight is 650 g/mol. The monoisotopic (exact) mass is 649 g/mol. The molecule has 0 saturated heterocycles. The molecule has 8 rings (SSSR count). The lowest BCUT2D eigenvalue weighted by Crippen LogP contribution is -2.68. The number of para-hydroxylation sites is 1. The topological polar surface area (TPSA) is 141 Å². The maximum Gasteiger partial charge on any atom is 0.331 e. The normalized spacial score (nSPS) is 37.4. The molecule has 250 valence electrons. The van der Waals surface area contributed by atoms with Crippen molar-refractivity contribution in [3.05, 3.63) is 77.9 Å². The number of fused-ring (bicyclic) bond motifs is 6. The van der Waals surface area contributed by atoms with E-state index < -0.39 is 28.1 Å². The molecule has 5 aliphatic rings. The van der Waals surface area contributed by atoms with E-state index in [0.29, 0.717) is 54.3 Å². The van der Waals surface area contributed by atoms with Crippen molar-refractivity contribution in [2.45, 2.75) is 82.0 Å². The maximum absolute atomic E-state index is 13.8. The molecule has 3 aromatic rings. The number of hydrogen-bond acceptors (Lipinski definition) is 8. The minimum atomic E-state index is -1.22. The van der Waals surface area contributed by atoms with Gasteiger partial charge in [-0.2, -0.15) is 5.10 Å². The molecular formula is C39H43N3O6. The van der Waals surface area contributed by atoms with Crippen molar-refractivity contribution in [2.24, 2.45) is 33.7 Å². The number of hydrazone groups is 1. The number of hydrogen-bond donors (Lipinski definition) is 4. The van der Waals surface area contributed by atoms with Crippen LogP contribution in [0.5, 0.6) is 0 Å². The smallest absolute Gasteiger partial charge is 0.331 e. The van der Waals surface area contributed by atoms with E-state index in [1.54, 1.807) is 18.4 Å². The number of rotatable bonds is 5. The van der Waals surface area contributed by atoms with Crippen molar-refractivity contribution >= 4 is 29.0 Å². The number of cyclic esters (lactones) is 1. The van der Waals surface area contributed by atoms with Gasteiger partial charge in [-0.15, -0.1) is 0 Å². The van der Waals surface area contributed by atoms with Crippen molar-refractivity contribution < 1.29 is 29.6 Å². The summed E-state index contributed by atoms with van der Waals surface area (Å²) in [6, 6.07) is 19.1. The molecule has 4 aliphatic carbocycles. The summed E-state index contributed by atoms with van der Waals surface area (Å²) < 4.78 is 5.28. The molecule has 48 heavy (non-hydrogen) atoms. The molecule has 4 saturated carbocycles. The molecule has 1 aliphatic heterocycles. The Labute approximate surface area is 280 Å². The number of aliphatic hydroxyl groups is 3. The van der Waals surface area contributed by atoms with Crippen molar-refractivity contribution in [3.8, 4) is 11.3 Å². The van der Waals surface area contributed by atoms with Gasteiger partial charge in [0, 0.05) is 40.5 Å². The van der Waals surface area contributed by atoms with Gasteiger partial charge in [-0.25, -0.2) is 15.2 Å². The molecule has 2 heterocycles. The van der Waals surface area contributed by atoms with E-state index in [4.69, 9.17) is 9.72 Å². The van der Waals surface area contributed by atoms with Gasteiger partial charge in [-0.05, 0) is 86.8 Å². The molecular weight excluding hydrogens is 606 g/mol. The third kappa shape index (κ3) is 4.61. The first kappa shape index (κ1) is 31.4. The quantitative estimate of drug-likeness (QED) is 0.166. The van der Waals surface area contributed by atoms with Crippen LogP contribution in [-0.2, 0) is 9.53 Å². The van der Waals surface area contributed by atoms with E-state index in [-0.39, 0.29) is 42.7 Å². The Morgan fingerprint density at radius 1 is 0.979 bits per heavy atom. The summed E-state index contributed by atoms with van der Waals surface area (Å²) in [7, 11) is 0. The number of benzene rings is 2. The van der Waals surface area contributed by atoms with E-state index >= 15 is 0 Å². The van der Waals surface area contributed by atoms with Crippen LogP contribution in [0.15, 0.2) is 77.4 Å². The van der Waals surface area contributed by atoms with Crippen LogP contribution in [-0.4, -0.2) is 62.3 Å². The number of esters is 1. The summed E-state index contributed by atoms with van der Waals surface area (Å²) in [6.45, 7) is 2.45. The van der Waals surface area contributed by atoms with Gasteiger partial charge < -0.3 is 20.1 Å². The highest BCUT2D eigenvalue weighted by atomic mass is 16.5. The highest BCUT2D eigenvalue weighted by molar-refractivity contribution is 6.07. The van der Waals surface area contributed by atoms with Gasteiger partial charge in [0.15, 0.2) is 0 Å². The number of pyridine rings is 1. The van der Waals surface area contributed by atoms with Crippen LogP contribution in [0.2, 0.25) is 0 Å². The van der Waals surface area contributed by atoms with E-state index in [9.17, 15) is 24.9 Å². The molecule has 0 bridgehead atoms. The zero-order chi connectivity index (χ0) is 33.3. The minimum absolute atomic E-state index is 0.0590. The lowest BCUT2D eigenvalue weighted by atomic mass is 9.41. The molecule has 4 N–H and O–H groups in total. The lowest BCUT2D eigenvalue weighted by molar-refractivity contribution is -0.237. The Morgan fingerprint density at radius 3 is 2.54 bits per heavy atom. The second-order valence-corrected chi connectivity index (χ2v) is 15.2. The molecule has 9 heteroatoms. The van der Waals surface area contributed by atoms with Gasteiger partial charge >= 0.3 is 5.97 Å². The third-order valence-corrected chi connectivity index (χ3v) is 13.1. The number of aromatic nitrogens is 1. The van der Waals surface area contributed by atoms with Gasteiger partial charge in [0.2, 0.25) is 0 Å². The van der Waals surface area contributed by atoms with Crippen molar-refractivity contribution in [1.29, 1.82) is 0 Å². The van der Waals surface area contributed by atoms with Crippen LogP contribution in [0, 0.1) is 28.6 Å². The lowest BCUT2D eigenvalue weighted by Gasteiger charge is -2.65. The fourth-order valence-electron chi connectivity index (χ4n) is 10.7. The average Bonchev–Trinajstić information content (AvgIpc) is 3.63. The third-order valence-electron chi connectivity index (χ3n) is 13.1. The fourth-order valence-corrected chi connectivity index (χ4v) is 10.7. The first-order valence-electron chi connectivity index (χ1n) is 17.4. The number of amides is 1. The molecule has 1 amide bonds. The Kier molecular flexibility index (Phi) is 7.40. The number of carbonyl (C=O) groups excluding carboxylic acids is 2. The van der Waals surface area contributed by atoms with E-state index in [2.05, 4.69) is 17.5 Å². The fraction of sp³-hybridized carbons (Fsp3) is 0.487. The number of ether oxygens (including phenoxy) is 1. The van der Waals surface area contributed by atoms with E-state index in [1.165, 1.54) is 0 Å². The van der Waals surface area contributed by atoms with E-state index in [0.717, 1.165) is 30.4 Å². The molecule has 2 aromatic carbocycles. The van der Waals surface area contributed by atoms with Crippen molar-refractivity contribution in [3.63, 3.8) is 0 Å². The standard InChI is InChI=1S/C39H43N3O6/c1-36-15-12-30-31(39(36,47)18-14-29(36)25-19-34(44)48-22-25)13-17-38(46)21-26(43)11-16-37(30,38)23-40-42-35(45)28-20-33(24-7-3-2-4-8-24)41-32-10-6-5-9-27(28)32/h2-10,19-20,23,26,29-31,43,46-47H,11-18,21-22H2,1H3,(H,42,45)/b40-23+/t26-,29?,30+,31-,36?,37?,38?,39?/m1/s1. The number of nitrogens with zero attached hydrogens (tertiary/aromatic N) is 2. The summed E-state index contributed by atoms with van der Waals surface area (Å²) in [5.74, 6) is -0.822. The van der Waals surface area contributed by atoms with E-state index in [1.807, 2.05) is 54.6 Å². The van der Waals surface area contributed by atoms with Crippen LogP contribution in [0.1, 0.15) is 75.1 Å². The molecule has 0 radical (unpaired) electrons. The Hall–Kier alpha value is -3.92. The van der Waals surface area contributed by atoms with Crippen LogP contribution >= 0.6 is 0 Å². The van der Waals surface area contributed by atoms with Crippen LogP contribution in [0.25, 0.3) is 22.2 Å². The SMILES string of the molecule is CC12CC[C@H]3[C@@H](CCC4(O)C[C@H](O)CCC34/C=N/NC(=O)c3cc(-c4ccccc4)nc4ccccc34)C1(O)CCC2C1=CC(=O)OC1. The second-order valence-electron chi connectivity index (χ2n) is 15.2. The largest absolute Gasteiger partial charge is 0.458 e. The second kappa shape index (κ2) is 11.3. The molecule has 8 atom stereocenters. The summed E-state index contributed by atoms with van der Waals surface area (Å²) in [6.07, 6.45) is 7.93. The number of aliphatic hydroxyl groups excluding tert-OH is 1. The number of nitrogens with one attached hydrogen (secondary N) is 1. The molecule has 9 nitrogen and oxygen atoms in total. The predicted octanol–water partition coefficient (Wildman–Crippen LogP) is 5.33. The maximum atomic E-state index is 13.8. The van der Waals surface area contributed by atoms with Gasteiger partial charge in [0.1, 0.15) is 6.61 Å². The van der Waals surface area contributed by atoms with Crippen molar-refractivity contribution in [1.82, 2.24) is 10.4 Å². The summed E-state index contributed by atoms with van der Waals surface area (Å²) in [5.41, 5.74) is 3.04. The highest BCUT2D eigenvalue weighted by Gasteiger charge is 2.71. The van der Waals surface area contributed by atoms with Crippen LogP contribution in [0.4, 0.5) is 0 Å². The Morgan fingerprint density at radius 2 is 1.75 bits per heavy atom. The zero-order valence-corrected chi connectivity index (χ0v) is 27.3. The Bertz CT molecular complexity index is 1840. The van der Waals surface area contributed by atoms with Crippen LogP contribution in [0.3, 0.4) is 0 Å². The molecule has 1 aromatic heterocycles. The highest BCUT2D eigenvalue weighted by Crippen LogP contribution is 2.70. The predicted molar refractivity (Wildman–Crippen MR) is 181 cm³/mol. The first-order chi connectivity index (χ1) is 23.1. The van der Waals surface area contributed by atoms with Crippen LogP contribution < -0.4 is 5.43 Å². The minimum Gasteiger partial charge on any atom is -0.458 e. The van der Waals surface area contributed by atoms with Gasteiger partial charge in [0.25, 0.3) is 5.91 Å².